The molecule has 0 radical (unpaired) electrons. The lowest BCUT2D eigenvalue weighted by atomic mass is 9.94. The number of H-pyrrole nitrogens is 1. The SMILES string of the molecule is CC(=C1C(=O)N2C(C(=O)OCc3ccc([N+](=O)[O-])cc3)=CS[C@@H]12)c1ccc2n[nH]nc2c1. The first kappa shape index (κ1) is 19.9. The summed E-state index contributed by atoms with van der Waals surface area (Å²) >= 11 is 1.37. The topological polar surface area (TPSA) is 131 Å². The lowest BCUT2D eigenvalue weighted by Gasteiger charge is -2.38. The minimum Gasteiger partial charge on any atom is -0.456 e. The van der Waals surface area contributed by atoms with Crippen molar-refractivity contribution in [1.82, 2.24) is 20.3 Å². The molecule has 0 unspecified atom stereocenters. The number of allylic oxidation sites excluding steroid dienone is 1. The van der Waals surface area contributed by atoms with E-state index in [0.717, 1.165) is 16.7 Å². The number of carbonyl (C=O) groups is 2. The van der Waals surface area contributed by atoms with Gasteiger partial charge in [0, 0.05) is 17.5 Å². The van der Waals surface area contributed by atoms with Gasteiger partial charge in [-0.25, -0.2) is 4.79 Å². The van der Waals surface area contributed by atoms with Gasteiger partial charge in [0.05, 0.1) is 10.5 Å². The molecule has 1 atom stereocenters. The van der Waals surface area contributed by atoms with Crippen molar-refractivity contribution in [1.29, 1.82) is 0 Å². The second-order valence-electron chi connectivity index (χ2n) is 7.23. The van der Waals surface area contributed by atoms with Crippen molar-refractivity contribution in [2.45, 2.75) is 18.9 Å². The van der Waals surface area contributed by atoms with Gasteiger partial charge < -0.3 is 4.74 Å². The average molecular weight is 449 g/mol. The summed E-state index contributed by atoms with van der Waals surface area (Å²) in [6.45, 7) is 1.82. The summed E-state index contributed by atoms with van der Waals surface area (Å²) in [5.74, 6) is -0.858. The number of aromatic amines is 1. The fourth-order valence-electron chi connectivity index (χ4n) is 3.61. The highest BCUT2D eigenvalue weighted by molar-refractivity contribution is 8.03. The molecule has 1 saturated heterocycles. The average Bonchev–Trinajstić information content (AvgIpc) is 3.42. The zero-order chi connectivity index (χ0) is 22.4. The number of nitrogens with one attached hydrogen (secondary N) is 1. The van der Waals surface area contributed by atoms with Crippen LogP contribution in [0.3, 0.4) is 0 Å². The van der Waals surface area contributed by atoms with Crippen molar-refractivity contribution >= 4 is 45.9 Å². The Morgan fingerprint density at radius 2 is 1.97 bits per heavy atom. The van der Waals surface area contributed by atoms with Gasteiger partial charge in [-0.15, -0.1) is 11.8 Å². The number of aromatic nitrogens is 3. The number of non-ortho nitro benzene ring substituents is 1. The van der Waals surface area contributed by atoms with Crippen LogP contribution in [0.25, 0.3) is 16.6 Å². The monoisotopic (exact) mass is 449 g/mol. The molecular formula is C21H15N5O5S. The maximum absolute atomic E-state index is 12.9. The van der Waals surface area contributed by atoms with Gasteiger partial charge in [0.2, 0.25) is 0 Å². The third-order valence-corrected chi connectivity index (χ3v) is 6.44. The van der Waals surface area contributed by atoms with E-state index in [0.29, 0.717) is 16.7 Å². The van der Waals surface area contributed by atoms with E-state index in [2.05, 4.69) is 15.4 Å². The number of rotatable bonds is 5. The summed E-state index contributed by atoms with van der Waals surface area (Å²) in [4.78, 5) is 37.1. The summed E-state index contributed by atoms with van der Waals surface area (Å²) < 4.78 is 5.31. The molecule has 0 saturated carbocycles. The van der Waals surface area contributed by atoms with Gasteiger partial charge in [-0.05, 0) is 47.9 Å². The van der Waals surface area contributed by atoms with Crippen molar-refractivity contribution in [3.05, 3.63) is 80.4 Å². The fourth-order valence-corrected chi connectivity index (χ4v) is 4.83. The Morgan fingerprint density at radius 3 is 2.72 bits per heavy atom. The minimum atomic E-state index is -0.618. The maximum Gasteiger partial charge on any atom is 0.355 e. The first-order valence-corrected chi connectivity index (χ1v) is 10.5. The van der Waals surface area contributed by atoms with Gasteiger partial charge in [0.15, 0.2) is 0 Å². The molecule has 160 valence electrons. The highest BCUT2D eigenvalue weighted by Crippen LogP contribution is 2.47. The molecule has 0 bridgehead atoms. The van der Waals surface area contributed by atoms with E-state index in [4.69, 9.17) is 4.74 Å². The molecule has 1 aromatic heterocycles. The Labute approximate surface area is 185 Å². The molecule has 0 spiro atoms. The molecule has 10 nitrogen and oxygen atoms in total. The number of carbonyl (C=O) groups excluding carboxylic acids is 2. The number of thioether (sulfide) groups is 1. The van der Waals surface area contributed by atoms with E-state index >= 15 is 0 Å². The maximum atomic E-state index is 12.9. The van der Waals surface area contributed by atoms with Crippen LogP contribution in [0.15, 0.2) is 59.1 Å². The zero-order valence-corrected chi connectivity index (χ0v) is 17.5. The van der Waals surface area contributed by atoms with Gasteiger partial charge in [0.25, 0.3) is 11.6 Å². The third kappa shape index (κ3) is 3.23. The van der Waals surface area contributed by atoms with E-state index in [1.165, 1.54) is 40.9 Å². The van der Waals surface area contributed by atoms with E-state index in [1.54, 1.807) is 5.41 Å². The van der Waals surface area contributed by atoms with Crippen LogP contribution >= 0.6 is 11.8 Å². The van der Waals surface area contributed by atoms with Gasteiger partial charge >= 0.3 is 5.97 Å². The van der Waals surface area contributed by atoms with E-state index < -0.39 is 10.9 Å². The molecule has 3 aromatic rings. The van der Waals surface area contributed by atoms with Crippen LogP contribution in [-0.4, -0.2) is 42.5 Å². The number of hydrogen-bond donors (Lipinski definition) is 1. The minimum absolute atomic E-state index is 0.0404. The van der Waals surface area contributed by atoms with Gasteiger partial charge in [0.1, 0.15) is 28.7 Å². The van der Waals surface area contributed by atoms with Crippen LogP contribution in [0.4, 0.5) is 5.69 Å². The molecule has 2 aliphatic heterocycles. The number of hydrogen-bond acceptors (Lipinski definition) is 8. The van der Waals surface area contributed by atoms with E-state index in [-0.39, 0.29) is 29.3 Å². The number of nitro benzene ring substituents is 1. The Hall–Kier alpha value is -3.99. The molecule has 5 rings (SSSR count). The molecule has 1 fully saturated rings. The van der Waals surface area contributed by atoms with Crippen molar-refractivity contribution in [2.75, 3.05) is 0 Å². The van der Waals surface area contributed by atoms with Crippen LogP contribution in [-0.2, 0) is 20.9 Å². The van der Waals surface area contributed by atoms with Crippen molar-refractivity contribution in [3.8, 4) is 0 Å². The predicted molar refractivity (Wildman–Crippen MR) is 116 cm³/mol. The second-order valence-corrected chi connectivity index (χ2v) is 8.19. The smallest absolute Gasteiger partial charge is 0.355 e. The third-order valence-electron chi connectivity index (χ3n) is 5.38. The van der Waals surface area contributed by atoms with Gasteiger partial charge in [-0.2, -0.15) is 15.4 Å². The van der Waals surface area contributed by atoms with Crippen LogP contribution in [0.5, 0.6) is 0 Å². The lowest BCUT2D eigenvalue weighted by molar-refractivity contribution is -0.384. The predicted octanol–water partition coefficient (Wildman–Crippen LogP) is 3.14. The molecule has 3 heterocycles. The van der Waals surface area contributed by atoms with Crippen LogP contribution in [0.2, 0.25) is 0 Å². The molecule has 2 aliphatic rings. The van der Waals surface area contributed by atoms with Crippen molar-refractivity contribution in [2.24, 2.45) is 0 Å². The molecule has 11 heteroatoms. The largest absolute Gasteiger partial charge is 0.456 e. The first-order chi connectivity index (χ1) is 15.4. The van der Waals surface area contributed by atoms with Crippen molar-refractivity contribution in [3.63, 3.8) is 0 Å². The fraction of sp³-hybridized carbons (Fsp3) is 0.143. The molecular weight excluding hydrogens is 434 g/mol. The van der Waals surface area contributed by atoms with Crippen LogP contribution in [0, 0.1) is 10.1 Å². The summed E-state index contributed by atoms with van der Waals surface area (Å²) in [5, 5.41) is 22.8. The second kappa shape index (κ2) is 7.61. The standard InChI is InChI=1S/C21H15N5O5S/c1-11(13-4-7-15-16(8-13)23-24-22-15)18-19(27)25-17(10-32-20(18)25)21(28)31-9-12-2-5-14(6-3-12)26(29)30/h2-8,10,20H,9H2,1H3,(H,22,23,24)/t20-/m0/s1. The van der Waals surface area contributed by atoms with E-state index in [9.17, 15) is 19.7 Å². The highest BCUT2D eigenvalue weighted by atomic mass is 32.2. The summed E-state index contributed by atoms with van der Waals surface area (Å²) in [6.07, 6.45) is 0. The quantitative estimate of drug-likeness (QED) is 0.207. The molecule has 0 aliphatic carbocycles. The van der Waals surface area contributed by atoms with Crippen LogP contribution in [0.1, 0.15) is 18.1 Å². The Kier molecular flexibility index (Phi) is 4.74. The summed E-state index contributed by atoms with van der Waals surface area (Å²) in [5.41, 5.74) is 4.53. The van der Waals surface area contributed by atoms with Gasteiger partial charge in [-0.3, -0.25) is 19.8 Å². The number of β-lactam (4-membered cyclic amide) rings is 1. The van der Waals surface area contributed by atoms with Gasteiger partial charge in [-0.1, -0.05) is 6.07 Å². The number of nitro groups is 1. The van der Waals surface area contributed by atoms with E-state index in [1.807, 2.05) is 25.1 Å². The van der Waals surface area contributed by atoms with Crippen molar-refractivity contribution < 1.29 is 19.2 Å². The number of amides is 1. The summed E-state index contributed by atoms with van der Waals surface area (Å²) in [7, 11) is 0. The normalized spacial score (nSPS) is 18.8. The number of esters is 1. The Balaban J connectivity index is 1.28. The van der Waals surface area contributed by atoms with Crippen LogP contribution < -0.4 is 0 Å². The molecule has 32 heavy (non-hydrogen) atoms. The highest BCUT2D eigenvalue weighted by Gasteiger charge is 2.50. The molecule has 2 aromatic carbocycles. The molecule has 1 amide bonds. The number of nitrogens with zero attached hydrogens (tertiary/aromatic N) is 4. The first-order valence-electron chi connectivity index (χ1n) is 9.55. The summed E-state index contributed by atoms with van der Waals surface area (Å²) in [6, 6.07) is 11.3. The molecule has 1 N–H and O–H groups in total. The Morgan fingerprint density at radius 1 is 1.22 bits per heavy atom. The Bertz CT molecular complexity index is 1340. The number of benzene rings is 2. The number of ether oxygens (including phenoxy) is 1. The number of fused-ring (bicyclic) bond motifs is 2. The lowest BCUT2D eigenvalue weighted by Crippen LogP contribution is -2.51. The zero-order valence-electron chi connectivity index (χ0n) is 16.6.